The first kappa shape index (κ1) is 12.6. The van der Waals surface area contributed by atoms with Gasteiger partial charge < -0.3 is 9.84 Å². The predicted octanol–water partition coefficient (Wildman–Crippen LogP) is 3.24. The van der Waals surface area contributed by atoms with Crippen molar-refractivity contribution in [3.63, 3.8) is 0 Å². The van der Waals surface area contributed by atoms with Crippen molar-refractivity contribution in [2.24, 2.45) is 0 Å². The summed E-state index contributed by atoms with van der Waals surface area (Å²) in [6.07, 6.45) is 5.04. The van der Waals surface area contributed by atoms with Crippen molar-refractivity contribution in [1.82, 2.24) is 0 Å². The first-order valence-electron chi connectivity index (χ1n) is 6.69. The van der Waals surface area contributed by atoms with Crippen LogP contribution >= 0.6 is 0 Å². The molecular weight excluding hydrogens is 212 g/mol. The fourth-order valence-electron chi connectivity index (χ4n) is 2.40. The molecule has 0 radical (unpaired) electrons. The Balaban J connectivity index is 2.00. The van der Waals surface area contributed by atoms with Gasteiger partial charge in [0.15, 0.2) is 0 Å². The third-order valence-corrected chi connectivity index (χ3v) is 3.43. The molecule has 2 heteroatoms. The lowest BCUT2D eigenvalue weighted by Crippen LogP contribution is -2.26. The molecule has 1 aromatic rings. The molecule has 0 saturated carbocycles. The molecule has 1 N–H and O–H groups in total. The molecule has 1 heterocycles. The van der Waals surface area contributed by atoms with Gasteiger partial charge in [-0.05, 0) is 36.8 Å². The summed E-state index contributed by atoms with van der Waals surface area (Å²) >= 11 is 0. The van der Waals surface area contributed by atoms with Gasteiger partial charge in [-0.15, -0.1) is 0 Å². The van der Waals surface area contributed by atoms with Crippen molar-refractivity contribution in [3.05, 3.63) is 35.4 Å². The van der Waals surface area contributed by atoms with Crippen LogP contribution in [0.15, 0.2) is 24.3 Å². The predicted molar refractivity (Wildman–Crippen MR) is 69.0 cm³/mol. The normalized spacial score (nSPS) is 22.4. The summed E-state index contributed by atoms with van der Waals surface area (Å²) in [6.45, 7) is 2.97. The van der Waals surface area contributed by atoms with E-state index in [0.29, 0.717) is 0 Å². The topological polar surface area (TPSA) is 29.5 Å². The Morgan fingerprint density at radius 3 is 2.65 bits per heavy atom. The SMILES string of the molecule is CCCc1ccc(C(O)C2CCCCO2)cc1. The van der Waals surface area contributed by atoms with Gasteiger partial charge in [0.2, 0.25) is 0 Å². The molecule has 1 fully saturated rings. The molecule has 0 aliphatic carbocycles. The summed E-state index contributed by atoms with van der Waals surface area (Å²) in [5.41, 5.74) is 2.32. The van der Waals surface area contributed by atoms with Gasteiger partial charge in [-0.2, -0.15) is 0 Å². The fourth-order valence-corrected chi connectivity index (χ4v) is 2.40. The van der Waals surface area contributed by atoms with E-state index in [-0.39, 0.29) is 6.10 Å². The molecular formula is C15H22O2. The molecule has 1 aromatic carbocycles. The lowest BCUT2D eigenvalue weighted by Gasteiger charge is -2.27. The Hall–Kier alpha value is -0.860. The first-order valence-corrected chi connectivity index (χ1v) is 6.69. The lowest BCUT2D eigenvalue weighted by molar-refractivity contribution is -0.0633. The van der Waals surface area contributed by atoms with E-state index in [4.69, 9.17) is 4.74 Å². The van der Waals surface area contributed by atoms with Gasteiger partial charge in [0, 0.05) is 6.61 Å². The lowest BCUT2D eigenvalue weighted by atomic mass is 9.97. The van der Waals surface area contributed by atoms with E-state index in [2.05, 4.69) is 19.1 Å². The number of hydrogen-bond acceptors (Lipinski definition) is 2. The van der Waals surface area contributed by atoms with Gasteiger partial charge in [-0.1, -0.05) is 37.6 Å². The summed E-state index contributed by atoms with van der Waals surface area (Å²) in [7, 11) is 0. The molecule has 2 rings (SSSR count). The number of aliphatic hydroxyl groups excluding tert-OH is 1. The Kier molecular flexibility index (Phi) is 4.57. The average molecular weight is 234 g/mol. The molecule has 2 nitrogen and oxygen atoms in total. The van der Waals surface area contributed by atoms with Gasteiger partial charge in [-0.3, -0.25) is 0 Å². The van der Waals surface area contributed by atoms with E-state index >= 15 is 0 Å². The number of hydrogen-bond donors (Lipinski definition) is 1. The van der Waals surface area contributed by atoms with Crippen LogP contribution in [0.25, 0.3) is 0 Å². The zero-order chi connectivity index (χ0) is 12.1. The monoisotopic (exact) mass is 234 g/mol. The highest BCUT2D eigenvalue weighted by Gasteiger charge is 2.23. The first-order chi connectivity index (χ1) is 8.31. The molecule has 94 valence electrons. The maximum atomic E-state index is 10.2. The summed E-state index contributed by atoms with van der Waals surface area (Å²) < 4.78 is 5.62. The number of ether oxygens (including phenoxy) is 1. The fraction of sp³-hybridized carbons (Fsp3) is 0.600. The number of aliphatic hydroxyl groups is 1. The second-order valence-corrected chi connectivity index (χ2v) is 4.84. The molecule has 17 heavy (non-hydrogen) atoms. The molecule has 0 bridgehead atoms. The second kappa shape index (κ2) is 6.18. The van der Waals surface area contributed by atoms with Crippen molar-refractivity contribution in [1.29, 1.82) is 0 Å². The van der Waals surface area contributed by atoms with E-state index in [9.17, 15) is 5.11 Å². The van der Waals surface area contributed by atoms with E-state index in [0.717, 1.165) is 44.3 Å². The molecule has 1 aliphatic rings. The van der Waals surface area contributed by atoms with Gasteiger partial charge in [0.25, 0.3) is 0 Å². The number of benzene rings is 1. The maximum absolute atomic E-state index is 10.2. The van der Waals surface area contributed by atoms with Crippen LogP contribution in [0.4, 0.5) is 0 Å². The van der Waals surface area contributed by atoms with Crippen LogP contribution in [-0.2, 0) is 11.2 Å². The van der Waals surface area contributed by atoms with Gasteiger partial charge in [0.05, 0.1) is 6.10 Å². The smallest absolute Gasteiger partial charge is 0.105 e. The highest BCUT2D eigenvalue weighted by atomic mass is 16.5. The van der Waals surface area contributed by atoms with Gasteiger partial charge in [-0.25, -0.2) is 0 Å². The molecule has 0 amide bonds. The van der Waals surface area contributed by atoms with Crippen LogP contribution in [0.1, 0.15) is 49.8 Å². The Morgan fingerprint density at radius 1 is 1.29 bits per heavy atom. The maximum Gasteiger partial charge on any atom is 0.105 e. The summed E-state index contributed by atoms with van der Waals surface area (Å²) in [6, 6.07) is 8.30. The molecule has 1 aliphatic heterocycles. The van der Waals surface area contributed by atoms with E-state index < -0.39 is 6.10 Å². The standard InChI is InChI=1S/C15H22O2/c1-2-5-12-7-9-13(10-8-12)15(16)14-6-3-4-11-17-14/h7-10,14-16H,2-6,11H2,1H3. The number of aryl methyl sites for hydroxylation is 1. The van der Waals surface area contributed by atoms with E-state index in [1.807, 2.05) is 12.1 Å². The van der Waals surface area contributed by atoms with Crippen molar-refractivity contribution >= 4 is 0 Å². The zero-order valence-corrected chi connectivity index (χ0v) is 10.6. The third-order valence-electron chi connectivity index (χ3n) is 3.43. The second-order valence-electron chi connectivity index (χ2n) is 4.84. The van der Waals surface area contributed by atoms with Gasteiger partial charge >= 0.3 is 0 Å². The average Bonchev–Trinajstić information content (AvgIpc) is 2.40. The Bertz CT molecular complexity index is 325. The molecule has 1 saturated heterocycles. The van der Waals surface area contributed by atoms with Crippen molar-refractivity contribution in [3.8, 4) is 0 Å². The zero-order valence-electron chi connectivity index (χ0n) is 10.6. The van der Waals surface area contributed by atoms with Crippen molar-refractivity contribution in [2.45, 2.75) is 51.2 Å². The summed E-state index contributed by atoms with van der Waals surface area (Å²) in [5, 5.41) is 10.2. The Morgan fingerprint density at radius 2 is 2.06 bits per heavy atom. The van der Waals surface area contributed by atoms with Crippen LogP contribution in [0.2, 0.25) is 0 Å². The van der Waals surface area contributed by atoms with Gasteiger partial charge in [0.1, 0.15) is 6.10 Å². The summed E-state index contributed by atoms with van der Waals surface area (Å²) in [4.78, 5) is 0. The molecule has 2 atom stereocenters. The largest absolute Gasteiger partial charge is 0.386 e. The minimum absolute atomic E-state index is 0.0132. The number of rotatable bonds is 4. The molecule has 0 spiro atoms. The molecule has 0 aromatic heterocycles. The van der Waals surface area contributed by atoms with Crippen LogP contribution in [0.3, 0.4) is 0 Å². The van der Waals surface area contributed by atoms with Crippen LogP contribution < -0.4 is 0 Å². The third kappa shape index (κ3) is 3.30. The highest BCUT2D eigenvalue weighted by molar-refractivity contribution is 5.25. The van der Waals surface area contributed by atoms with Crippen LogP contribution in [0.5, 0.6) is 0 Å². The Labute approximate surface area is 104 Å². The highest BCUT2D eigenvalue weighted by Crippen LogP contribution is 2.26. The quantitative estimate of drug-likeness (QED) is 0.866. The van der Waals surface area contributed by atoms with Crippen LogP contribution in [0, 0.1) is 0 Å². The minimum atomic E-state index is -0.467. The summed E-state index contributed by atoms with van der Waals surface area (Å²) in [5.74, 6) is 0. The van der Waals surface area contributed by atoms with E-state index in [1.54, 1.807) is 0 Å². The van der Waals surface area contributed by atoms with Crippen molar-refractivity contribution < 1.29 is 9.84 Å². The van der Waals surface area contributed by atoms with E-state index in [1.165, 1.54) is 5.56 Å². The minimum Gasteiger partial charge on any atom is -0.386 e. The van der Waals surface area contributed by atoms with Crippen molar-refractivity contribution in [2.75, 3.05) is 6.61 Å². The molecule has 2 unspecified atom stereocenters. The van der Waals surface area contributed by atoms with Crippen LogP contribution in [-0.4, -0.2) is 17.8 Å².